The van der Waals surface area contributed by atoms with Gasteiger partial charge in [0.05, 0.1) is 18.7 Å². The van der Waals surface area contributed by atoms with Crippen LogP contribution in [0.1, 0.15) is 33.7 Å². The molecule has 1 aromatic carbocycles. The third-order valence-corrected chi connectivity index (χ3v) is 6.22. The normalized spacial score (nSPS) is 17.7. The third-order valence-electron chi connectivity index (χ3n) is 6.22. The highest BCUT2D eigenvalue weighted by Crippen LogP contribution is 2.28. The Bertz CT molecular complexity index is 1200. The molecular weight excluding hydrogens is 444 g/mol. The topological polar surface area (TPSA) is 96.3 Å². The van der Waals surface area contributed by atoms with Gasteiger partial charge in [0.1, 0.15) is 11.6 Å². The highest BCUT2D eigenvalue weighted by Gasteiger charge is 2.38. The maximum Gasteiger partial charge on any atom is 0.289 e. The molecule has 1 unspecified atom stereocenters. The molecule has 2 aliphatic rings. The van der Waals surface area contributed by atoms with Crippen molar-refractivity contribution < 1.29 is 18.4 Å². The molecule has 11 heteroatoms. The summed E-state index contributed by atoms with van der Waals surface area (Å²) in [6.07, 6.45) is 1.20. The first-order valence-corrected chi connectivity index (χ1v) is 11.1. The van der Waals surface area contributed by atoms with Gasteiger partial charge in [0.25, 0.3) is 5.91 Å². The van der Waals surface area contributed by atoms with Gasteiger partial charge in [0.2, 0.25) is 11.7 Å². The predicted octanol–water partition coefficient (Wildman–Crippen LogP) is 1.32. The van der Waals surface area contributed by atoms with E-state index < -0.39 is 5.82 Å². The number of rotatable bonds is 5. The van der Waals surface area contributed by atoms with Crippen molar-refractivity contribution in [2.45, 2.75) is 25.6 Å². The molecule has 2 aliphatic heterocycles. The summed E-state index contributed by atoms with van der Waals surface area (Å²) in [7, 11) is 0. The van der Waals surface area contributed by atoms with Crippen LogP contribution in [0.2, 0.25) is 0 Å². The molecule has 0 saturated carbocycles. The van der Waals surface area contributed by atoms with Gasteiger partial charge in [-0.1, -0.05) is 12.1 Å². The van der Waals surface area contributed by atoms with Gasteiger partial charge in [-0.3, -0.25) is 19.5 Å². The minimum atomic E-state index is -0.441. The lowest BCUT2D eigenvalue weighted by molar-refractivity contribution is -0.134. The standard InChI is InChI=1S/C23H23F2N7O2/c24-16-3-1-15(2-4-16)12-27-23(34)22-29-28-21-19-14-31(8-7-30(19)9-10-32(21)22)20(33)11-18-6-5-17(25)13-26-18/h1-6,13,19H,7-12,14H2,(H,27,34). The number of benzene rings is 1. The fourth-order valence-corrected chi connectivity index (χ4v) is 4.38. The molecule has 2 aromatic heterocycles. The summed E-state index contributed by atoms with van der Waals surface area (Å²) in [4.78, 5) is 33.6. The Labute approximate surface area is 194 Å². The third kappa shape index (κ3) is 4.51. The van der Waals surface area contributed by atoms with Crippen LogP contribution in [-0.4, -0.2) is 67.5 Å². The smallest absolute Gasteiger partial charge is 0.289 e. The van der Waals surface area contributed by atoms with Crippen molar-refractivity contribution in [3.8, 4) is 0 Å². The lowest BCUT2D eigenvalue weighted by atomic mass is 10.1. The monoisotopic (exact) mass is 467 g/mol. The Morgan fingerprint density at radius 1 is 0.971 bits per heavy atom. The fourth-order valence-electron chi connectivity index (χ4n) is 4.38. The zero-order chi connectivity index (χ0) is 23.7. The van der Waals surface area contributed by atoms with Crippen molar-refractivity contribution in [3.05, 3.63) is 77.1 Å². The zero-order valence-corrected chi connectivity index (χ0v) is 18.3. The highest BCUT2D eigenvalue weighted by molar-refractivity contribution is 5.90. The molecule has 1 fully saturated rings. The number of carbonyl (C=O) groups excluding carboxylic acids is 2. The van der Waals surface area contributed by atoms with E-state index in [-0.39, 0.29) is 42.5 Å². The van der Waals surface area contributed by atoms with E-state index in [1.54, 1.807) is 21.6 Å². The molecule has 2 amide bonds. The van der Waals surface area contributed by atoms with Gasteiger partial charge in [-0.25, -0.2) is 8.78 Å². The minimum Gasteiger partial charge on any atom is -0.345 e. The molecule has 1 saturated heterocycles. The number of amides is 2. The van der Waals surface area contributed by atoms with Gasteiger partial charge >= 0.3 is 0 Å². The number of halogens is 2. The lowest BCUT2D eigenvalue weighted by Gasteiger charge is -2.43. The molecule has 0 radical (unpaired) electrons. The van der Waals surface area contributed by atoms with Gasteiger partial charge in [-0.2, -0.15) is 0 Å². The average molecular weight is 467 g/mol. The fraction of sp³-hybridized carbons (Fsp3) is 0.348. The van der Waals surface area contributed by atoms with Crippen LogP contribution in [0.4, 0.5) is 8.78 Å². The quantitative estimate of drug-likeness (QED) is 0.608. The van der Waals surface area contributed by atoms with Crippen molar-refractivity contribution in [1.29, 1.82) is 0 Å². The second-order valence-corrected chi connectivity index (χ2v) is 8.38. The van der Waals surface area contributed by atoms with Crippen molar-refractivity contribution in [2.24, 2.45) is 0 Å². The molecule has 4 heterocycles. The number of nitrogens with one attached hydrogen (secondary N) is 1. The first kappa shape index (κ1) is 22.1. The summed E-state index contributed by atoms with van der Waals surface area (Å²) in [5.74, 6) is -0.356. The van der Waals surface area contributed by atoms with Crippen LogP contribution in [0.3, 0.4) is 0 Å². The van der Waals surface area contributed by atoms with Gasteiger partial charge in [0, 0.05) is 45.0 Å². The number of nitrogens with zero attached hydrogens (tertiary/aromatic N) is 6. The van der Waals surface area contributed by atoms with E-state index in [0.29, 0.717) is 37.7 Å². The molecule has 176 valence electrons. The van der Waals surface area contributed by atoms with Crippen LogP contribution < -0.4 is 5.32 Å². The Balaban J connectivity index is 1.26. The molecule has 1 N–H and O–H groups in total. The van der Waals surface area contributed by atoms with Gasteiger partial charge in [-0.05, 0) is 29.8 Å². The van der Waals surface area contributed by atoms with Gasteiger partial charge in [-0.15, -0.1) is 10.2 Å². The van der Waals surface area contributed by atoms with Crippen LogP contribution >= 0.6 is 0 Å². The van der Waals surface area contributed by atoms with Gasteiger partial charge < -0.3 is 14.8 Å². The van der Waals surface area contributed by atoms with Gasteiger partial charge in [0.15, 0.2) is 5.82 Å². The molecule has 0 bridgehead atoms. The van der Waals surface area contributed by atoms with Crippen LogP contribution in [-0.2, 0) is 24.3 Å². The maximum atomic E-state index is 13.1. The van der Waals surface area contributed by atoms with Crippen molar-refractivity contribution in [1.82, 2.24) is 34.9 Å². The largest absolute Gasteiger partial charge is 0.345 e. The molecule has 34 heavy (non-hydrogen) atoms. The SMILES string of the molecule is O=C(NCc1ccc(F)cc1)c1nnc2n1CCN1CCN(C(=O)Cc3ccc(F)cn3)CC21. The zero-order valence-electron chi connectivity index (χ0n) is 18.3. The van der Waals surface area contributed by atoms with Crippen molar-refractivity contribution >= 4 is 11.8 Å². The summed E-state index contributed by atoms with van der Waals surface area (Å²) >= 11 is 0. The van der Waals surface area contributed by atoms with E-state index in [4.69, 9.17) is 0 Å². The number of pyridine rings is 1. The Morgan fingerprint density at radius 3 is 2.50 bits per heavy atom. The van der Waals surface area contributed by atoms with E-state index in [1.807, 2.05) is 0 Å². The Kier molecular flexibility index (Phi) is 6.01. The second kappa shape index (κ2) is 9.26. The maximum absolute atomic E-state index is 13.1. The Hall–Kier alpha value is -3.73. The average Bonchev–Trinajstić information content (AvgIpc) is 3.29. The molecule has 0 aliphatic carbocycles. The molecule has 5 rings (SSSR count). The molecular formula is C23H23F2N7O2. The van der Waals surface area contributed by atoms with E-state index in [0.717, 1.165) is 18.3 Å². The minimum absolute atomic E-state index is 0.0901. The first-order valence-electron chi connectivity index (χ1n) is 11.1. The van der Waals surface area contributed by atoms with E-state index in [1.165, 1.54) is 24.3 Å². The van der Waals surface area contributed by atoms with Crippen LogP contribution in [0.15, 0.2) is 42.6 Å². The number of aromatic nitrogens is 4. The first-order chi connectivity index (χ1) is 16.5. The van der Waals surface area contributed by atoms with Crippen LogP contribution in [0, 0.1) is 11.6 Å². The second-order valence-electron chi connectivity index (χ2n) is 8.38. The predicted molar refractivity (Wildman–Crippen MR) is 116 cm³/mol. The summed E-state index contributed by atoms with van der Waals surface area (Å²) in [6.45, 7) is 3.23. The lowest BCUT2D eigenvalue weighted by Crippen LogP contribution is -2.54. The number of fused-ring (bicyclic) bond motifs is 3. The molecule has 9 nitrogen and oxygen atoms in total. The highest BCUT2D eigenvalue weighted by atomic mass is 19.1. The van der Waals surface area contributed by atoms with E-state index in [9.17, 15) is 18.4 Å². The Morgan fingerprint density at radius 2 is 1.74 bits per heavy atom. The number of carbonyl (C=O) groups is 2. The van der Waals surface area contributed by atoms with Crippen LogP contribution in [0.5, 0.6) is 0 Å². The molecule has 0 spiro atoms. The van der Waals surface area contributed by atoms with E-state index >= 15 is 0 Å². The number of hydrogen-bond acceptors (Lipinski definition) is 6. The summed E-state index contributed by atoms with van der Waals surface area (Å²) < 4.78 is 28.0. The molecule has 3 aromatic rings. The van der Waals surface area contributed by atoms with Crippen LogP contribution in [0.25, 0.3) is 0 Å². The number of hydrogen-bond donors (Lipinski definition) is 1. The molecule has 1 atom stereocenters. The van der Waals surface area contributed by atoms with Crippen molar-refractivity contribution in [3.63, 3.8) is 0 Å². The van der Waals surface area contributed by atoms with Crippen molar-refractivity contribution in [2.75, 3.05) is 26.2 Å². The number of piperazine rings is 1. The van der Waals surface area contributed by atoms with E-state index in [2.05, 4.69) is 25.4 Å². The summed E-state index contributed by atoms with van der Waals surface area (Å²) in [6, 6.07) is 8.55. The summed E-state index contributed by atoms with van der Waals surface area (Å²) in [5.41, 5.74) is 1.29. The summed E-state index contributed by atoms with van der Waals surface area (Å²) in [5, 5.41) is 11.2.